The summed E-state index contributed by atoms with van der Waals surface area (Å²) in [6.07, 6.45) is 3.18. The molecule has 0 aliphatic rings. The van der Waals surface area contributed by atoms with E-state index in [4.69, 9.17) is 5.26 Å². The summed E-state index contributed by atoms with van der Waals surface area (Å²) in [5.74, 6) is 0.605. The first-order valence-corrected chi connectivity index (χ1v) is 5.58. The third kappa shape index (κ3) is 2.61. The molecular weight excluding hydrogens is 226 g/mol. The predicted molar refractivity (Wildman–Crippen MR) is 67.8 cm³/mol. The summed E-state index contributed by atoms with van der Waals surface area (Å²) in [5, 5.41) is 12.3. The van der Waals surface area contributed by atoms with E-state index in [2.05, 4.69) is 26.3 Å². The van der Waals surface area contributed by atoms with Crippen molar-refractivity contribution in [1.82, 2.24) is 15.0 Å². The summed E-state index contributed by atoms with van der Waals surface area (Å²) in [6.45, 7) is 4.33. The van der Waals surface area contributed by atoms with Gasteiger partial charge in [-0.25, -0.2) is 15.0 Å². The van der Waals surface area contributed by atoms with Crippen LogP contribution in [0.3, 0.4) is 0 Å². The highest BCUT2D eigenvalue weighted by molar-refractivity contribution is 5.56. The first kappa shape index (κ1) is 12.0. The summed E-state index contributed by atoms with van der Waals surface area (Å²) in [5.41, 5.74) is 3.25. The molecule has 0 fully saturated rings. The van der Waals surface area contributed by atoms with Gasteiger partial charge in [0.1, 0.15) is 18.2 Å². The molecule has 2 heterocycles. The normalized spacial score (nSPS) is 9.83. The van der Waals surface area contributed by atoms with E-state index in [0.29, 0.717) is 17.9 Å². The quantitative estimate of drug-likeness (QED) is 0.886. The number of aryl methyl sites for hydroxylation is 2. The second kappa shape index (κ2) is 5.23. The van der Waals surface area contributed by atoms with E-state index in [1.165, 1.54) is 6.33 Å². The van der Waals surface area contributed by atoms with Crippen molar-refractivity contribution in [1.29, 1.82) is 5.26 Å². The first-order chi connectivity index (χ1) is 8.70. The van der Waals surface area contributed by atoms with Gasteiger partial charge in [0.2, 0.25) is 0 Å². The molecule has 0 unspecified atom stereocenters. The molecule has 18 heavy (non-hydrogen) atoms. The van der Waals surface area contributed by atoms with Crippen LogP contribution in [-0.2, 0) is 6.54 Å². The molecular formula is C13H13N5. The van der Waals surface area contributed by atoms with E-state index >= 15 is 0 Å². The van der Waals surface area contributed by atoms with Gasteiger partial charge in [0.25, 0.3) is 0 Å². The van der Waals surface area contributed by atoms with Crippen LogP contribution >= 0.6 is 0 Å². The fourth-order valence-electron chi connectivity index (χ4n) is 1.70. The molecule has 2 aromatic heterocycles. The lowest BCUT2D eigenvalue weighted by atomic mass is 10.1. The molecule has 1 N–H and O–H groups in total. The number of aromatic nitrogens is 3. The number of hydrogen-bond donors (Lipinski definition) is 1. The molecule has 0 atom stereocenters. The van der Waals surface area contributed by atoms with Crippen molar-refractivity contribution >= 4 is 5.82 Å². The second-order valence-electron chi connectivity index (χ2n) is 3.97. The van der Waals surface area contributed by atoms with E-state index in [0.717, 1.165) is 17.0 Å². The number of pyridine rings is 1. The molecule has 0 saturated carbocycles. The Kier molecular flexibility index (Phi) is 3.49. The maximum absolute atomic E-state index is 9.13. The summed E-state index contributed by atoms with van der Waals surface area (Å²) in [4.78, 5) is 12.3. The number of nitrogens with one attached hydrogen (secondary N) is 1. The number of nitriles is 1. The van der Waals surface area contributed by atoms with Crippen molar-refractivity contribution in [3.8, 4) is 6.07 Å². The Morgan fingerprint density at radius 3 is 2.89 bits per heavy atom. The Bertz CT molecular complexity index is 586. The minimum absolute atomic E-state index is 0.521. The van der Waals surface area contributed by atoms with E-state index in [9.17, 15) is 0 Å². The minimum Gasteiger partial charge on any atom is -0.363 e. The smallest absolute Gasteiger partial charge is 0.144 e. The zero-order valence-electron chi connectivity index (χ0n) is 10.3. The standard InChI is InChI=1S/C13H13N5/c1-9-5-10(2)18-13(12(9)6-14)16-7-11-3-4-15-8-17-11/h3-5,8H,7H2,1-2H3,(H,16,18). The zero-order valence-corrected chi connectivity index (χ0v) is 10.3. The Hall–Kier alpha value is -2.48. The average Bonchev–Trinajstić information content (AvgIpc) is 2.37. The molecule has 0 aliphatic heterocycles. The summed E-state index contributed by atoms with van der Waals surface area (Å²) in [6, 6.07) is 5.89. The van der Waals surface area contributed by atoms with Gasteiger partial charge in [-0.1, -0.05) is 0 Å². The van der Waals surface area contributed by atoms with E-state index in [1.54, 1.807) is 6.20 Å². The molecule has 0 aromatic carbocycles. The van der Waals surface area contributed by atoms with Gasteiger partial charge in [-0.05, 0) is 31.5 Å². The van der Waals surface area contributed by atoms with Crippen LogP contribution in [0.4, 0.5) is 5.82 Å². The second-order valence-corrected chi connectivity index (χ2v) is 3.97. The van der Waals surface area contributed by atoms with Crippen LogP contribution < -0.4 is 5.32 Å². The lowest BCUT2D eigenvalue weighted by Crippen LogP contribution is -2.06. The van der Waals surface area contributed by atoms with Gasteiger partial charge in [0.05, 0.1) is 17.8 Å². The Morgan fingerprint density at radius 1 is 1.39 bits per heavy atom. The SMILES string of the molecule is Cc1cc(C)c(C#N)c(NCc2ccncn2)n1. The van der Waals surface area contributed by atoms with Crippen LogP contribution in [0.25, 0.3) is 0 Å². The Morgan fingerprint density at radius 2 is 2.22 bits per heavy atom. The zero-order chi connectivity index (χ0) is 13.0. The molecule has 0 spiro atoms. The molecule has 0 aliphatic carbocycles. The Labute approximate surface area is 106 Å². The van der Waals surface area contributed by atoms with Crippen LogP contribution in [-0.4, -0.2) is 15.0 Å². The van der Waals surface area contributed by atoms with Gasteiger partial charge in [-0.2, -0.15) is 5.26 Å². The average molecular weight is 239 g/mol. The summed E-state index contributed by atoms with van der Waals surface area (Å²) in [7, 11) is 0. The van der Waals surface area contributed by atoms with Crippen LogP contribution in [0.15, 0.2) is 24.7 Å². The molecule has 2 rings (SSSR count). The fourth-order valence-corrected chi connectivity index (χ4v) is 1.70. The van der Waals surface area contributed by atoms with Gasteiger partial charge in [0.15, 0.2) is 0 Å². The highest BCUT2D eigenvalue weighted by atomic mass is 15.0. The molecule has 5 nitrogen and oxygen atoms in total. The highest BCUT2D eigenvalue weighted by Crippen LogP contribution is 2.17. The lowest BCUT2D eigenvalue weighted by molar-refractivity contribution is 0.988. The van der Waals surface area contributed by atoms with Crippen molar-refractivity contribution in [3.05, 3.63) is 47.2 Å². The van der Waals surface area contributed by atoms with Crippen molar-refractivity contribution in [2.45, 2.75) is 20.4 Å². The number of hydrogen-bond acceptors (Lipinski definition) is 5. The van der Waals surface area contributed by atoms with Gasteiger partial charge in [-0.3, -0.25) is 0 Å². The number of nitrogens with zero attached hydrogens (tertiary/aromatic N) is 4. The molecule has 0 saturated heterocycles. The monoisotopic (exact) mass is 239 g/mol. The van der Waals surface area contributed by atoms with E-state index in [1.807, 2.05) is 26.0 Å². The molecule has 0 radical (unpaired) electrons. The van der Waals surface area contributed by atoms with E-state index in [-0.39, 0.29) is 0 Å². The van der Waals surface area contributed by atoms with Crippen LogP contribution in [0.1, 0.15) is 22.5 Å². The molecule has 0 bridgehead atoms. The van der Waals surface area contributed by atoms with Crippen LogP contribution in [0.2, 0.25) is 0 Å². The van der Waals surface area contributed by atoms with Gasteiger partial charge in [-0.15, -0.1) is 0 Å². The third-order valence-electron chi connectivity index (χ3n) is 2.54. The van der Waals surface area contributed by atoms with Crippen molar-refractivity contribution in [2.24, 2.45) is 0 Å². The maximum Gasteiger partial charge on any atom is 0.144 e. The largest absolute Gasteiger partial charge is 0.363 e. The van der Waals surface area contributed by atoms with Gasteiger partial charge < -0.3 is 5.32 Å². The maximum atomic E-state index is 9.13. The highest BCUT2D eigenvalue weighted by Gasteiger charge is 2.08. The van der Waals surface area contributed by atoms with Gasteiger partial charge in [0, 0.05) is 11.9 Å². The number of rotatable bonds is 3. The third-order valence-corrected chi connectivity index (χ3v) is 2.54. The lowest BCUT2D eigenvalue weighted by Gasteiger charge is -2.09. The molecule has 2 aromatic rings. The van der Waals surface area contributed by atoms with Crippen LogP contribution in [0.5, 0.6) is 0 Å². The molecule has 90 valence electrons. The molecule has 0 amide bonds. The summed E-state index contributed by atoms with van der Waals surface area (Å²) < 4.78 is 0. The number of anilines is 1. The van der Waals surface area contributed by atoms with Crippen molar-refractivity contribution in [2.75, 3.05) is 5.32 Å². The van der Waals surface area contributed by atoms with Gasteiger partial charge >= 0.3 is 0 Å². The predicted octanol–water partition coefficient (Wildman–Crippen LogP) is 1.97. The first-order valence-electron chi connectivity index (χ1n) is 5.58. The van der Waals surface area contributed by atoms with Crippen molar-refractivity contribution in [3.63, 3.8) is 0 Å². The minimum atomic E-state index is 0.521. The summed E-state index contributed by atoms with van der Waals surface area (Å²) >= 11 is 0. The van der Waals surface area contributed by atoms with Crippen LogP contribution in [0, 0.1) is 25.2 Å². The van der Waals surface area contributed by atoms with Crippen molar-refractivity contribution < 1.29 is 0 Å². The molecule has 5 heteroatoms. The Balaban J connectivity index is 2.22. The van der Waals surface area contributed by atoms with E-state index < -0.39 is 0 Å². The fraction of sp³-hybridized carbons (Fsp3) is 0.231. The topological polar surface area (TPSA) is 74.5 Å².